The van der Waals surface area contributed by atoms with Crippen LogP contribution in [0.25, 0.3) is 0 Å². The highest BCUT2D eigenvalue weighted by Crippen LogP contribution is 2.33. The zero-order valence-corrected chi connectivity index (χ0v) is 11.2. The fourth-order valence-corrected chi connectivity index (χ4v) is 3.44. The lowest BCUT2D eigenvalue weighted by Gasteiger charge is -2.27. The molecule has 0 radical (unpaired) electrons. The van der Waals surface area contributed by atoms with Gasteiger partial charge in [0.2, 0.25) is 0 Å². The Morgan fingerprint density at radius 3 is 2.94 bits per heavy atom. The zero-order valence-electron chi connectivity index (χ0n) is 10.3. The topological polar surface area (TPSA) is 61.0 Å². The normalized spacial score (nSPS) is 24.8. The van der Waals surface area contributed by atoms with Crippen LogP contribution in [-0.2, 0) is 4.74 Å². The van der Waals surface area contributed by atoms with Gasteiger partial charge in [-0.25, -0.2) is 9.97 Å². The molecule has 2 rings (SSSR count). The lowest BCUT2D eigenvalue weighted by molar-refractivity contribution is 0.0730. The minimum absolute atomic E-state index is 0.392. The van der Waals surface area contributed by atoms with Gasteiger partial charge in [-0.1, -0.05) is 11.8 Å². The third kappa shape index (κ3) is 3.57. The lowest BCUT2D eigenvalue weighted by Crippen LogP contribution is -2.23. The van der Waals surface area contributed by atoms with Gasteiger partial charge in [0.25, 0.3) is 0 Å². The van der Waals surface area contributed by atoms with Crippen LogP contribution in [0.5, 0.6) is 0 Å². The van der Waals surface area contributed by atoms with Gasteiger partial charge in [0.1, 0.15) is 5.82 Å². The van der Waals surface area contributed by atoms with E-state index in [-0.39, 0.29) is 0 Å². The van der Waals surface area contributed by atoms with Crippen molar-refractivity contribution in [3.8, 4) is 0 Å². The number of rotatable bonds is 3. The molecule has 1 heterocycles. The Hall–Kier alpha value is -0.810. The van der Waals surface area contributed by atoms with Gasteiger partial charge in [0.05, 0.1) is 6.10 Å². The Bertz CT molecular complexity index is 366. The van der Waals surface area contributed by atoms with Gasteiger partial charge in [0.15, 0.2) is 5.16 Å². The Morgan fingerprint density at radius 2 is 2.24 bits per heavy atom. The van der Waals surface area contributed by atoms with E-state index in [4.69, 9.17) is 10.5 Å². The summed E-state index contributed by atoms with van der Waals surface area (Å²) >= 11 is 1.73. The highest BCUT2D eigenvalue weighted by Gasteiger charge is 2.23. The van der Waals surface area contributed by atoms with Crippen LogP contribution < -0.4 is 5.73 Å². The molecule has 2 N–H and O–H groups in total. The molecule has 4 nitrogen and oxygen atoms in total. The molecule has 1 saturated carbocycles. The van der Waals surface area contributed by atoms with Crippen molar-refractivity contribution in [2.45, 2.75) is 49.1 Å². The van der Waals surface area contributed by atoms with Crippen molar-refractivity contribution < 1.29 is 4.74 Å². The first-order chi connectivity index (χ1) is 8.17. The molecule has 0 aliphatic heterocycles. The van der Waals surface area contributed by atoms with Crippen LogP contribution in [0.4, 0.5) is 5.82 Å². The molecule has 5 heteroatoms. The van der Waals surface area contributed by atoms with E-state index in [0.29, 0.717) is 17.2 Å². The maximum Gasteiger partial charge on any atom is 0.189 e. The van der Waals surface area contributed by atoms with Gasteiger partial charge in [0, 0.05) is 24.1 Å². The largest absolute Gasteiger partial charge is 0.384 e. The molecular weight excluding hydrogens is 234 g/mol. The number of hydrogen-bond donors (Lipinski definition) is 1. The average molecular weight is 253 g/mol. The number of aryl methyl sites for hydroxylation is 1. The number of anilines is 1. The highest BCUT2D eigenvalue weighted by atomic mass is 32.2. The van der Waals surface area contributed by atoms with Crippen molar-refractivity contribution in [3.05, 3.63) is 11.8 Å². The smallest absolute Gasteiger partial charge is 0.189 e. The van der Waals surface area contributed by atoms with E-state index >= 15 is 0 Å². The van der Waals surface area contributed by atoms with Crippen molar-refractivity contribution >= 4 is 17.6 Å². The van der Waals surface area contributed by atoms with E-state index in [1.54, 1.807) is 24.9 Å². The molecule has 2 atom stereocenters. The predicted molar refractivity (Wildman–Crippen MR) is 70.1 cm³/mol. The summed E-state index contributed by atoms with van der Waals surface area (Å²) in [6.07, 6.45) is 5.07. The van der Waals surface area contributed by atoms with E-state index in [1.165, 1.54) is 19.3 Å². The van der Waals surface area contributed by atoms with E-state index in [9.17, 15) is 0 Å². The molecule has 0 aromatic carbocycles. The molecule has 17 heavy (non-hydrogen) atoms. The molecule has 0 spiro atoms. The number of thioether (sulfide) groups is 1. The third-order valence-corrected chi connectivity index (χ3v) is 4.19. The quantitative estimate of drug-likeness (QED) is 0.838. The summed E-state index contributed by atoms with van der Waals surface area (Å²) in [6.45, 7) is 1.95. The van der Waals surface area contributed by atoms with E-state index in [1.807, 2.05) is 6.92 Å². The summed E-state index contributed by atoms with van der Waals surface area (Å²) in [4.78, 5) is 8.68. The number of hydrogen-bond acceptors (Lipinski definition) is 5. The monoisotopic (exact) mass is 253 g/mol. The second-order valence-electron chi connectivity index (χ2n) is 4.48. The maximum atomic E-state index is 5.73. The van der Waals surface area contributed by atoms with Crippen LogP contribution in [0.1, 0.15) is 31.4 Å². The minimum atomic E-state index is 0.392. The van der Waals surface area contributed by atoms with Crippen LogP contribution in [-0.4, -0.2) is 28.4 Å². The first kappa shape index (κ1) is 12.6. The van der Waals surface area contributed by atoms with Crippen molar-refractivity contribution in [1.82, 2.24) is 9.97 Å². The summed E-state index contributed by atoms with van der Waals surface area (Å²) in [5, 5.41) is 1.35. The number of nitrogen functional groups attached to an aromatic ring is 1. The van der Waals surface area contributed by atoms with Gasteiger partial charge in [-0.3, -0.25) is 0 Å². The van der Waals surface area contributed by atoms with Crippen LogP contribution in [0.2, 0.25) is 0 Å². The molecule has 1 aromatic rings. The zero-order chi connectivity index (χ0) is 12.3. The lowest BCUT2D eigenvalue weighted by atomic mass is 9.97. The number of aromatic nitrogens is 2. The standard InChI is InChI=1S/C12H19N3OS/c1-8-6-11(13)15-12(14-8)17-10-5-3-4-9(7-10)16-2/h6,9-10H,3-5,7H2,1-2H3,(H2,13,14,15)/t9-,10-/m1/s1. The van der Waals surface area contributed by atoms with Crippen LogP contribution >= 0.6 is 11.8 Å². The Morgan fingerprint density at radius 1 is 1.41 bits per heavy atom. The number of nitrogens with two attached hydrogens (primary N) is 1. The predicted octanol–water partition coefficient (Wildman–Crippen LogP) is 2.42. The fraction of sp³-hybridized carbons (Fsp3) is 0.667. The number of methoxy groups -OCH3 is 1. The Balaban J connectivity index is 2.00. The van der Waals surface area contributed by atoms with Crippen molar-refractivity contribution in [1.29, 1.82) is 0 Å². The fourth-order valence-electron chi connectivity index (χ4n) is 2.19. The molecule has 0 bridgehead atoms. The molecule has 1 fully saturated rings. The number of nitrogens with zero attached hydrogens (tertiary/aromatic N) is 2. The van der Waals surface area contributed by atoms with Crippen LogP contribution in [0, 0.1) is 6.92 Å². The maximum absolute atomic E-state index is 5.73. The summed E-state index contributed by atoms with van der Waals surface area (Å²) < 4.78 is 5.43. The van der Waals surface area contributed by atoms with Gasteiger partial charge < -0.3 is 10.5 Å². The van der Waals surface area contributed by atoms with Crippen molar-refractivity contribution in [2.24, 2.45) is 0 Å². The van der Waals surface area contributed by atoms with Gasteiger partial charge >= 0.3 is 0 Å². The second-order valence-corrected chi connectivity index (χ2v) is 5.75. The molecule has 1 aliphatic rings. The highest BCUT2D eigenvalue weighted by molar-refractivity contribution is 7.99. The number of ether oxygens (including phenoxy) is 1. The Kier molecular flexibility index (Phi) is 4.23. The van der Waals surface area contributed by atoms with E-state index < -0.39 is 0 Å². The third-order valence-electron chi connectivity index (χ3n) is 3.04. The molecule has 1 aromatic heterocycles. The van der Waals surface area contributed by atoms with E-state index in [2.05, 4.69) is 9.97 Å². The molecular formula is C12H19N3OS. The summed E-state index contributed by atoms with van der Waals surface area (Å²) in [6, 6.07) is 1.79. The summed E-state index contributed by atoms with van der Waals surface area (Å²) in [5.41, 5.74) is 6.66. The molecule has 0 unspecified atom stereocenters. The van der Waals surface area contributed by atoms with Crippen LogP contribution in [0.15, 0.2) is 11.2 Å². The summed E-state index contributed by atoms with van der Waals surface area (Å²) in [7, 11) is 1.79. The first-order valence-electron chi connectivity index (χ1n) is 5.98. The second kappa shape index (κ2) is 5.69. The summed E-state index contributed by atoms with van der Waals surface area (Å²) in [5.74, 6) is 0.555. The molecule has 94 valence electrons. The first-order valence-corrected chi connectivity index (χ1v) is 6.86. The van der Waals surface area contributed by atoms with E-state index in [0.717, 1.165) is 17.3 Å². The Labute approximate surface area is 106 Å². The molecule has 1 aliphatic carbocycles. The van der Waals surface area contributed by atoms with Gasteiger partial charge in [-0.2, -0.15) is 0 Å². The minimum Gasteiger partial charge on any atom is -0.384 e. The average Bonchev–Trinajstić information content (AvgIpc) is 2.28. The van der Waals surface area contributed by atoms with Gasteiger partial charge in [-0.15, -0.1) is 0 Å². The van der Waals surface area contributed by atoms with Crippen LogP contribution in [0.3, 0.4) is 0 Å². The van der Waals surface area contributed by atoms with Crippen molar-refractivity contribution in [2.75, 3.05) is 12.8 Å². The molecule has 0 saturated heterocycles. The molecule has 0 amide bonds. The van der Waals surface area contributed by atoms with Crippen molar-refractivity contribution in [3.63, 3.8) is 0 Å². The van der Waals surface area contributed by atoms with Gasteiger partial charge in [-0.05, 0) is 32.6 Å². The SMILES string of the molecule is CO[C@@H]1CCC[C@@H](Sc2nc(C)cc(N)n2)C1.